The van der Waals surface area contributed by atoms with Crippen molar-refractivity contribution in [1.82, 2.24) is 19.4 Å². The van der Waals surface area contributed by atoms with E-state index >= 15 is 0 Å². The summed E-state index contributed by atoms with van der Waals surface area (Å²) in [4.78, 5) is 19.6. The number of amides is 1. The zero-order valence-corrected chi connectivity index (χ0v) is 12.9. The predicted molar refractivity (Wildman–Crippen MR) is 77.0 cm³/mol. The van der Waals surface area contributed by atoms with Crippen LogP contribution >= 0.6 is 0 Å². The highest BCUT2D eigenvalue weighted by atomic mass is 19.3. The number of imidazole rings is 1. The van der Waals surface area contributed by atoms with E-state index in [1.54, 1.807) is 11.9 Å². The number of alkyl halides is 2. The molecule has 5 nitrogen and oxygen atoms in total. The Balaban J connectivity index is 2.57. The lowest BCUT2D eigenvalue weighted by Crippen LogP contribution is -2.39. The number of nitrogens with zero attached hydrogens (tertiary/aromatic N) is 4. The molecule has 21 heavy (non-hydrogen) atoms. The molecule has 0 saturated carbocycles. The van der Waals surface area contributed by atoms with E-state index in [0.717, 1.165) is 30.5 Å². The Hall–Kier alpha value is -1.50. The minimum absolute atomic E-state index is 0.0244. The van der Waals surface area contributed by atoms with Crippen LogP contribution in [-0.2, 0) is 11.3 Å². The molecule has 0 fully saturated rings. The van der Waals surface area contributed by atoms with Crippen LogP contribution < -0.4 is 0 Å². The average Bonchev–Trinajstić information content (AvgIpc) is 2.86. The van der Waals surface area contributed by atoms with Crippen LogP contribution in [-0.4, -0.2) is 51.9 Å². The number of carbonyl (C=O) groups is 1. The SMILES string of the molecule is CCCN(CCC)C(=O)CN(C)Cc1nccn1C(F)F. The molecule has 120 valence electrons. The highest BCUT2D eigenvalue weighted by Gasteiger charge is 2.17. The van der Waals surface area contributed by atoms with Crippen LogP contribution in [0, 0.1) is 0 Å². The number of halogens is 2. The molecule has 0 unspecified atom stereocenters. The minimum atomic E-state index is -2.61. The van der Waals surface area contributed by atoms with Gasteiger partial charge in [0.1, 0.15) is 5.82 Å². The summed E-state index contributed by atoms with van der Waals surface area (Å²) in [5.41, 5.74) is 0. The van der Waals surface area contributed by atoms with Gasteiger partial charge < -0.3 is 4.90 Å². The van der Waals surface area contributed by atoms with Crippen LogP contribution in [0.5, 0.6) is 0 Å². The average molecular weight is 302 g/mol. The second-order valence-electron chi connectivity index (χ2n) is 5.08. The van der Waals surface area contributed by atoms with E-state index in [1.807, 2.05) is 18.7 Å². The van der Waals surface area contributed by atoms with Crippen LogP contribution in [0.3, 0.4) is 0 Å². The van der Waals surface area contributed by atoms with E-state index in [-0.39, 0.29) is 24.8 Å². The molecule has 0 radical (unpaired) electrons. The standard InChI is InChI=1S/C14H24F2N4O/c1-4-7-19(8-5-2)13(21)11-18(3)10-12-17-6-9-20(12)14(15)16/h6,9,14H,4-5,7-8,10-11H2,1-3H3. The zero-order chi connectivity index (χ0) is 15.8. The highest BCUT2D eigenvalue weighted by molar-refractivity contribution is 5.78. The van der Waals surface area contributed by atoms with Gasteiger partial charge in [0.25, 0.3) is 0 Å². The van der Waals surface area contributed by atoms with Crippen molar-refractivity contribution in [1.29, 1.82) is 0 Å². The maximum Gasteiger partial charge on any atom is 0.319 e. The molecule has 7 heteroatoms. The summed E-state index contributed by atoms with van der Waals surface area (Å²) in [6, 6.07) is 0. The first-order chi connectivity index (χ1) is 9.99. The monoisotopic (exact) mass is 302 g/mol. The first-order valence-corrected chi connectivity index (χ1v) is 7.25. The molecule has 1 heterocycles. The van der Waals surface area contributed by atoms with Crippen molar-refractivity contribution in [2.45, 2.75) is 39.8 Å². The maximum absolute atomic E-state index is 12.7. The van der Waals surface area contributed by atoms with E-state index in [4.69, 9.17) is 0 Å². The number of rotatable bonds is 9. The van der Waals surface area contributed by atoms with Gasteiger partial charge in [0.15, 0.2) is 0 Å². The summed E-state index contributed by atoms with van der Waals surface area (Å²) >= 11 is 0. The maximum atomic E-state index is 12.7. The van der Waals surface area contributed by atoms with E-state index in [0.29, 0.717) is 0 Å². The summed E-state index contributed by atoms with van der Waals surface area (Å²) in [6.45, 7) is 3.32. The lowest BCUT2D eigenvalue weighted by molar-refractivity contribution is -0.132. The van der Waals surface area contributed by atoms with Gasteiger partial charge in [-0.3, -0.25) is 14.3 Å². The topological polar surface area (TPSA) is 41.4 Å². The molecule has 0 saturated heterocycles. The second-order valence-corrected chi connectivity index (χ2v) is 5.08. The van der Waals surface area contributed by atoms with Crippen LogP contribution in [0.15, 0.2) is 12.4 Å². The molecular formula is C14H24F2N4O. The first-order valence-electron chi connectivity index (χ1n) is 7.25. The Labute approximate surface area is 124 Å². The van der Waals surface area contributed by atoms with Crippen molar-refractivity contribution < 1.29 is 13.6 Å². The fourth-order valence-electron chi connectivity index (χ4n) is 2.17. The first kappa shape index (κ1) is 17.6. The summed E-state index contributed by atoms with van der Waals surface area (Å²) in [5.74, 6) is 0.286. The van der Waals surface area contributed by atoms with Gasteiger partial charge in [-0.25, -0.2) is 4.98 Å². The Morgan fingerprint density at radius 1 is 1.33 bits per heavy atom. The predicted octanol–water partition coefficient (Wildman–Crippen LogP) is 2.36. The van der Waals surface area contributed by atoms with Gasteiger partial charge in [-0.05, 0) is 19.9 Å². The fourth-order valence-corrected chi connectivity index (χ4v) is 2.17. The molecule has 0 aromatic carbocycles. The van der Waals surface area contributed by atoms with Gasteiger partial charge in [0.05, 0.1) is 13.1 Å². The Morgan fingerprint density at radius 3 is 2.48 bits per heavy atom. The number of hydrogen-bond acceptors (Lipinski definition) is 3. The van der Waals surface area contributed by atoms with Crippen LogP contribution in [0.25, 0.3) is 0 Å². The molecule has 0 aliphatic carbocycles. The van der Waals surface area contributed by atoms with E-state index in [1.165, 1.54) is 12.4 Å². The van der Waals surface area contributed by atoms with E-state index < -0.39 is 6.55 Å². The number of aromatic nitrogens is 2. The van der Waals surface area contributed by atoms with E-state index in [2.05, 4.69) is 4.98 Å². The summed E-state index contributed by atoms with van der Waals surface area (Å²) in [7, 11) is 1.73. The van der Waals surface area contributed by atoms with E-state index in [9.17, 15) is 13.6 Å². The van der Waals surface area contributed by atoms with Gasteiger partial charge in [-0.1, -0.05) is 13.8 Å². The second kappa shape index (κ2) is 8.71. The Morgan fingerprint density at radius 2 is 1.95 bits per heavy atom. The molecule has 0 bridgehead atoms. The molecule has 0 aliphatic rings. The number of hydrogen-bond donors (Lipinski definition) is 0. The molecule has 0 spiro atoms. The third-order valence-corrected chi connectivity index (χ3v) is 3.12. The van der Waals surface area contributed by atoms with Gasteiger partial charge in [-0.15, -0.1) is 0 Å². The highest BCUT2D eigenvalue weighted by Crippen LogP contribution is 2.13. The molecule has 1 aromatic heterocycles. The lowest BCUT2D eigenvalue weighted by Gasteiger charge is -2.24. The lowest BCUT2D eigenvalue weighted by atomic mass is 10.3. The van der Waals surface area contributed by atoms with Gasteiger partial charge in [0.2, 0.25) is 5.91 Å². The summed E-state index contributed by atoms with van der Waals surface area (Å²) in [6.07, 6.45) is 4.41. The normalized spacial score (nSPS) is 11.4. The van der Waals surface area contributed by atoms with Crippen molar-refractivity contribution in [3.63, 3.8) is 0 Å². The smallest absolute Gasteiger partial charge is 0.319 e. The Kier molecular flexibility index (Phi) is 7.28. The quantitative estimate of drug-likeness (QED) is 0.703. The molecule has 0 aliphatic heterocycles. The van der Waals surface area contributed by atoms with Crippen molar-refractivity contribution in [3.05, 3.63) is 18.2 Å². The van der Waals surface area contributed by atoms with Crippen molar-refractivity contribution in [2.24, 2.45) is 0 Å². The molecule has 1 rings (SSSR count). The summed E-state index contributed by atoms with van der Waals surface area (Å²) < 4.78 is 26.3. The molecule has 0 atom stereocenters. The van der Waals surface area contributed by atoms with Crippen LogP contribution in [0.1, 0.15) is 39.1 Å². The molecule has 1 aromatic rings. The van der Waals surface area contributed by atoms with Gasteiger partial charge in [-0.2, -0.15) is 8.78 Å². The van der Waals surface area contributed by atoms with Crippen molar-refractivity contribution >= 4 is 5.91 Å². The Bertz CT molecular complexity index is 430. The number of likely N-dealkylation sites (N-methyl/N-ethyl adjacent to an activating group) is 1. The number of carbonyl (C=O) groups excluding carboxylic acids is 1. The van der Waals surface area contributed by atoms with Crippen LogP contribution in [0.2, 0.25) is 0 Å². The van der Waals surface area contributed by atoms with Crippen molar-refractivity contribution in [2.75, 3.05) is 26.7 Å². The third kappa shape index (κ3) is 5.41. The summed E-state index contributed by atoms with van der Waals surface area (Å²) in [5, 5.41) is 0. The molecular weight excluding hydrogens is 278 g/mol. The minimum Gasteiger partial charge on any atom is -0.342 e. The third-order valence-electron chi connectivity index (χ3n) is 3.12. The zero-order valence-electron chi connectivity index (χ0n) is 12.9. The van der Waals surface area contributed by atoms with Crippen LogP contribution in [0.4, 0.5) is 8.78 Å². The molecule has 1 amide bonds. The van der Waals surface area contributed by atoms with Crippen molar-refractivity contribution in [3.8, 4) is 0 Å². The fraction of sp³-hybridized carbons (Fsp3) is 0.714. The molecule has 0 N–H and O–H groups in total. The largest absolute Gasteiger partial charge is 0.342 e. The van der Waals surface area contributed by atoms with Gasteiger partial charge in [0, 0.05) is 25.5 Å². The van der Waals surface area contributed by atoms with Gasteiger partial charge >= 0.3 is 6.55 Å².